The van der Waals surface area contributed by atoms with Gasteiger partial charge in [0.1, 0.15) is 0 Å². The second-order valence-corrected chi connectivity index (χ2v) is 6.35. The molecule has 0 saturated carbocycles. The van der Waals surface area contributed by atoms with Crippen molar-refractivity contribution in [1.82, 2.24) is 14.5 Å². The van der Waals surface area contributed by atoms with Gasteiger partial charge in [-0.05, 0) is 31.2 Å². The normalized spacial score (nSPS) is 11.5. The molecule has 0 aliphatic rings. The van der Waals surface area contributed by atoms with Gasteiger partial charge in [-0.15, -0.1) is 0 Å². The van der Waals surface area contributed by atoms with Gasteiger partial charge in [-0.25, -0.2) is 13.1 Å². The van der Waals surface area contributed by atoms with Crippen molar-refractivity contribution in [3.05, 3.63) is 42.2 Å². The largest absolute Gasteiger partial charge is 0.381 e. The fraction of sp³-hybridized carbons (Fsp3) is 0.357. The molecule has 114 valence electrons. The Morgan fingerprint density at radius 1 is 1.19 bits per heavy atom. The first-order valence-electron chi connectivity index (χ1n) is 6.90. The summed E-state index contributed by atoms with van der Waals surface area (Å²) < 4.78 is 28.0. The maximum absolute atomic E-state index is 11.8. The van der Waals surface area contributed by atoms with Crippen LogP contribution in [0.15, 0.2) is 41.6 Å². The molecular weight excluding hydrogens is 288 g/mol. The van der Waals surface area contributed by atoms with Crippen LogP contribution in [0.1, 0.15) is 19.4 Å². The van der Waals surface area contributed by atoms with Crippen LogP contribution in [0.25, 0.3) is 0 Å². The van der Waals surface area contributed by atoms with Gasteiger partial charge in [0.15, 0.2) is 0 Å². The van der Waals surface area contributed by atoms with Gasteiger partial charge in [0.05, 0.1) is 11.1 Å². The molecule has 2 aromatic rings. The number of rotatable bonds is 7. The molecule has 0 bridgehead atoms. The van der Waals surface area contributed by atoms with E-state index >= 15 is 0 Å². The van der Waals surface area contributed by atoms with Gasteiger partial charge in [-0.3, -0.25) is 4.68 Å². The van der Waals surface area contributed by atoms with E-state index in [2.05, 4.69) is 15.1 Å². The Kier molecular flexibility index (Phi) is 4.98. The van der Waals surface area contributed by atoms with Gasteiger partial charge in [0, 0.05) is 37.1 Å². The molecule has 0 saturated heterocycles. The van der Waals surface area contributed by atoms with Gasteiger partial charge in [0.25, 0.3) is 0 Å². The first-order chi connectivity index (χ1) is 10.0. The number of hydrogen-bond acceptors (Lipinski definition) is 4. The van der Waals surface area contributed by atoms with Gasteiger partial charge in [-0.1, -0.05) is 6.92 Å². The topological polar surface area (TPSA) is 76.0 Å². The molecule has 0 atom stereocenters. The van der Waals surface area contributed by atoms with E-state index in [1.807, 2.05) is 24.0 Å². The zero-order valence-corrected chi connectivity index (χ0v) is 13.0. The highest BCUT2D eigenvalue weighted by molar-refractivity contribution is 7.89. The van der Waals surface area contributed by atoms with Crippen LogP contribution in [-0.4, -0.2) is 24.7 Å². The molecule has 0 radical (unpaired) electrons. The third kappa shape index (κ3) is 4.05. The van der Waals surface area contributed by atoms with Crippen LogP contribution in [0.2, 0.25) is 0 Å². The van der Waals surface area contributed by atoms with Crippen molar-refractivity contribution in [3.63, 3.8) is 0 Å². The number of nitrogens with zero attached hydrogens (tertiary/aromatic N) is 2. The summed E-state index contributed by atoms with van der Waals surface area (Å²) in [6, 6.07) is 6.70. The number of aromatic nitrogens is 2. The van der Waals surface area contributed by atoms with Crippen LogP contribution in [-0.2, 0) is 23.1 Å². The number of anilines is 1. The number of aryl methyl sites for hydroxylation is 1. The van der Waals surface area contributed by atoms with Crippen LogP contribution in [0.3, 0.4) is 0 Å². The Balaban J connectivity index is 1.99. The lowest BCUT2D eigenvalue weighted by Crippen LogP contribution is -2.23. The van der Waals surface area contributed by atoms with E-state index in [9.17, 15) is 8.42 Å². The Hall–Kier alpha value is -1.86. The number of benzene rings is 1. The third-order valence-electron chi connectivity index (χ3n) is 3.01. The van der Waals surface area contributed by atoms with Crippen molar-refractivity contribution in [2.75, 3.05) is 11.9 Å². The minimum Gasteiger partial charge on any atom is -0.381 e. The van der Waals surface area contributed by atoms with E-state index in [0.29, 0.717) is 13.1 Å². The first-order valence-corrected chi connectivity index (χ1v) is 8.38. The lowest BCUT2D eigenvalue weighted by molar-refractivity contribution is 0.584. The lowest BCUT2D eigenvalue weighted by Gasteiger charge is -2.07. The van der Waals surface area contributed by atoms with Crippen molar-refractivity contribution in [2.24, 2.45) is 0 Å². The number of sulfonamides is 1. The first kappa shape index (κ1) is 15.5. The van der Waals surface area contributed by atoms with E-state index in [4.69, 9.17) is 0 Å². The lowest BCUT2D eigenvalue weighted by atomic mass is 10.3. The van der Waals surface area contributed by atoms with E-state index in [1.54, 1.807) is 31.2 Å². The fourth-order valence-corrected chi connectivity index (χ4v) is 2.94. The summed E-state index contributed by atoms with van der Waals surface area (Å²) in [6.07, 6.45) is 3.80. The molecule has 1 aromatic carbocycles. The van der Waals surface area contributed by atoms with E-state index in [-0.39, 0.29) is 4.90 Å². The van der Waals surface area contributed by atoms with Gasteiger partial charge in [0.2, 0.25) is 10.0 Å². The molecule has 0 fully saturated rings. The third-order valence-corrected chi connectivity index (χ3v) is 4.57. The molecule has 0 unspecified atom stereocenters. The van der Waals surface area contributed by atoms with Crippen LogP contribution in [0, 0.1) is 0 Å². The van der Waals surface area contributed by atoms with E-state index in [0.717, 1.165) is 17.8 Å². The van der Waals surface area contributed by atoms with Crippen molar-refractivity contribution < 1.29 is 8.42 Å². The molecule has 0 amide bonds. The second kappa shape index (κ2) is 6.73. The van der Waals surface area contributed by atoms with Crippen LogP contribution >= 0.6 is 0 Å². The standard InChI is InChI=1S/C14H20N4O2S/c1-3-17-21(19,20)14-7-5-13(6-8-14)15-9-12-10-16-18(4-2)11-12/h5-8,10-11,15,17H,3-4,9H2,1-2H3. The minimum atomic E-state index is -3.39. The highest BCUT2D eigenvalue weighted by Gasteiger charge is 2.11. The van der Waals surface area contributed by atoms with Gasteiger partial charge in [-0.2, -0.15) is 5.10 Å². The highest BCUT2D eigenvalue weighted by Crippen LogP contribution is 2.14. The maximum atomic E-state index is 11.8. The second-order valence-electron chi connectivity index (χ2n) is 4.58. The van der Waals surface area contributed by atoms with Crippen LogP contribution < -0.4 is 10.0 Å². The summed E-state index contributed by atoms with van der Waals surface area (Å²) in [5.41, 5.74) is 1.95. The molecule has 0 aliphatic carbocycles. The summed E-state index contributed by atoms with van der Waals surface area (Å²) in [5.74, 6) is 0. The van der Waals surface area contributed by atoms with Gasteiger partial charge >= 0.3 is 0 Å². The molecule has 1 aromatic heterocycles. The van der Waals surface area contributed by atoms with Crippen LogP contribution in [0.4, 0.5) is 5.69 Å². The Morgan fingerprint density at radius 2 is 1.90 bits per heavy atom. The summed E-state index contributed by atoms with van der Waals surface area (Å²) >= 11 is 0. The summed E-state index contributed by atoms with van der Waals surface area (Å²) in [5, 5.41) is 7.44. The molecule has 0 aliphatic heterocycles. The molecule has 0 spiro atoms. The summed E-state index contributed by atoms with van der Waals surface area (Å²) in [7, 11) is -3.39. The Bertz CT molecular complexity index is 677. The highest BCUT2D eigenvalue weighted by atomic mass is 32.2. The van der Waals surface area contributed by atoms with Crippen molar-refractivity contribution in [1.29, 1.82) is 0 Å². The van der Waals surface area contributed by atoms with E-state index in [1.165, 1.54) is 0 Å². The van der Waals surface area contributed by atoms with Crippen LogP contribution in [0.5, 0.6) is 0 Å². The van der Waals surface area contributed by atoms with Crippen molar-refractivity contribution in [3.8, 4) is 0 Å². The summed E-state index contributed by atoms with van der Waals surface area (Å²) in [6.45, 7) is 5.66. The molecule has 21 heavy (non-hydrogen) atoms. The minimum absolute atomic E-state index is 0.272. The van der Waals surface area contributed by atoms with Gasteiger partial charge < -0.3 is 5.32 Å². The molecule has 2 N–H and O–H groups in total. The number of nitrogens with one attached hydrogen (secondary N) is 2. The quantitative estimate of drug-likeness (QED) is 0.818. The van der Waals surface area contributed by atoms with Crippen molar-refractivity contribution in [2.45, 2.75) is 31.8 Å². The average molecular weight is 308 g/mol. The fourth-order valence-electron chi connectivity index (χ4n) is 1.90. The van der Waals surface area contributed by atoms with Crippen molar-refractivity contribution >= 4 is 15.7 Å². The average Bonchev–Trinajstić information content (AvgIpc) is 2.93. The maximum Gasteiger partial charge on any atom is 0.240 e. The molecule has 1 heterocycles. The summed E-state index contributed by atoms with van der Waals surface area (Å²) in [4.78, 5) is 0.272. The molecule has 6 nitrogen and oxygen atoms in total. The number of hydrogen-bond donors (Lipinski definition) is 2. The molecule has 2 rings (SSSR count). The zero-order chi connectivity index (χ0) is 15.3. The monoisotopic (exact) mass is 308 g/mol. The predicted molar refractivity (Wildman–Crippen MR) is 82.5 cm³/mol. The SMILES string of the molecule is CCNS(=O)(=O)c1ccc(NCc2cnn(CC)c2)cc1. The Morgan fingerprint density at radius 3 is 2.48 bits per heavy atom. The predicted octanol–water partition coefficient (Wildman–Crippen LogP) is 1.81. The molecular formula is C14H20N4O2S. The smallest absolute Gasteiger partial charge is 0.240 e. The van der Waals surface area contributed by atoms with E-state index < -0.39 is 10.0 Å². The molecule has 7 heteroatoms. The Labute approximate surface area is 125 Å². The zero-order valence-electron chi connectivity index (χ0n) is 12.2.